The van der Waals surface area contributed by atoms with Crippen molar-refractivity contribution in [2.75, 3.05) is 17.7 Å². The van der Waals surface area contributed by atoms with E-state index in [1.165, 1.54) is 12.1 Å². The molecule has 2 aliphatic rings. The molecule has 4 nitrogen and oxygen atoms in total. The van der Waals surface area contributed by atoms with Crippen molar-refractivity contribution >= 4 is 23.2 Å². The average molecular weight is 481 g/mol. The molecule has 0 radical (unpaired) electrons. The van der Waals surface area contributed by atoms with Gasteiger partial charge in [-0.25, -0.2) is 0 Å². The molecule has 0 bridgehead atoms. The first-order valence-corrected chi connectivity index (χ1v) is 11.9. The summed E-state index contributed by atoms with van der Waals surface area (Å²) >= 11 is 5.66. The van der Waals surface area contributed by atoms with Gasteiger partial charge in [0, 0.05) is 36.0 Å². The Morgan fingerprint density at radius 2 is 1.91 bits per heavy atom. The fourth-order valence-electron chi connectivity index (χ4n) is 4.77. The predicted octanol–water partition coefficient (Wildman–Crippen LogP) is 6.23. The highest BCUT2D eigenvalue weighted by Crippen LogP contribution is 2.51. The maximum Gasteiger partial charge on any atom is 0.416 e. The van der Waals surface area contributed by atoms with Gasteiger partial charge >= 0.3 is 6.18 Å². The third-order valence-corrected chi connectivity index (χ3v) is 6.71. The van der Waals surface area contributed by atoms with Gasteiger partial charge in [-0.3, -0.25) is 4.79 Å². The van der Waals surface area contributed by atoms with Crippen LogP contribution in [0.25, 0.3) is 0 Å². The molecule has 0 unspecified atom stereocenters. The third-order valence-electron chi connectivity index (χ3n) is 6.45. The van der Waals surface area contributed by atoms with Crippen LogP contribution in [-0.4, -0.2) is 24.4 Å². The van der Waals surface area contributed by atoms with Crippen molar-refractivity contribution in [2.24, 2.45) is 5.92 Å². The molecule has 0 aliphatic carbocycles. The van der Waals surface area contributed by atoms with Crippen LogP contribution in [0.15, 0.2) is 48.5 Å². The van der Waals surface area contributed by atoms with Crippen LogP contribution < -0.4 is 10.6 Å². The smallest absolute Gasteiger partial charge is 0.378 e. The lowest BCUT2D eigenvalue weighted by Crippen LogP contribution is -2.43. The second-order valence-corrected chi connectivity index (χ2v) is 9.08. The Labute approximate surface area is 196 Å². The summed E-state index contributed by atoms with van der Waals surface area (Å²) in [5, 5.41) is 6.36. The standard InChI is InChI=1S/C25H28ClF3N2O2/c26-13-5-4-8-22(32)30-15-18-10-11-19-23(16-6-2-1-3-7-16)31-21-12-9-17(25(27,28)29)14-20(21)24(19)33-18/h1-3,6-7,9,12,14,18-19,23-24,31H,4-5,8,10-11,13,15H2,(H,30,32)/t18-,19+,23+,24+/m1/s1. The van der Waals surface area contributed by atoms with E-state index in [9.17, 15) is 18.0 Å². The molecular weight excluding hydrogens is 453 g/mol. The SMILES string of the molecule is O=C(CCCCCl)NC[C@H]1CC[C@@H]2[C@H](O1)c1cc(C(F)(F)F)ccc1N[C@H]2c1ccccc1. The lowest BCUT2D eigenvalue weighted by Gasteiger charge is -2.46. The number of anilines is 1. The number of nitrogens with one attached hydrogen (secondary N) is 2. The van der Waals surface area contributed by atoms with Gasteiger partial charge in [-0.2, -0.15) is 13.2 Å². The Hall–Kier alpha value is -2.25. The zero-order valence-corrected chi connectivity index (χ0v) is 19.0. The fourth-order valence-corrected chi connectivity index (χ4v) is 4.96. The van der Waals surface area contributed by atoms with E-state index < -0.39 is 17.8 Å². The first kappa shape index (κ1) is 23.9. The van der Waals surface area contributed by atoms with Crippen LogP contribution in [0.3, 0.4) is 0 Å². The number of halogens is 4. The molecule has 178 valence electrons. The first-order valence-electron chi connectivity index (χ1n) is 11.4. The highest BCUT2D eigenvalue weighted by molar-refractivity contribution is 6.17. The van der Waals surface area contributed by atoms with Gasteiger partial charge in [0.25, 0.3) is 0 Å². The van der Waals surface area contributed by atoms with Crippen LogP contribution in [0, 0.1) is 5.92 Å². The number of alkyl halides is 4. The number of hydrogen-bond donors (Lipinski definition) is 2. The summed E-state index contributed by atoms with van der Waals surface area (Å²) in [7, 11) is 0. The van der Waals surface area contributed by atoms with Gasteiger partial charge in [0.2, 0.25) is 5.91 Å². The number of fused-ring (bicyclic) bond motifs is 3. The van der Waals surface area contributed by atoms with E-state index in [1.807, 2.05) is 30.3 Å². The minimum atomic E-state index is -4.42. The normalized spacial score (nSPS) is 24.4. The summed E-state index contributed by atoms with van der Waals surface area (Å²) < 4.78 is 46.6. The molecule has 2 heterocycles. The van der Waals surface area contributed by atoms with E-state index >= 15 is 0 Å². The van der Waals surface area contributed by atoms with Gasteiger partial charge in [0.05, 0.1) is 23.8 Å². The largest absolute Gasteiger partial charge is 0.416 e. The third kappa shape index (κ3) is 5.64. The van der Waals surface area contributed by atoms with Gasteiger partial charge in [-0.1, -0.05) is 30.3 Å². The molecular formula is C25H28ClF3N2O2. The molecule has 2 aromatic carbocycles. The maximum absolute atomic E-state index is 13.4. The summed E-state index contributed by atoms with van der Waals surface area (Å²) in [5.41, 5.74) is 1.58. The van der Waals surface area contributed by atoms with Crippen LogP contribution in [0.1, 0.15) is 60.9 Å². The van der Waals surface area contributed by atoms with Crippen molar-refractivity contribution in [1.82, 2.24) is 5.32 Å². The average Bonchev–Trinajstić information content (AvgIpc) is 2.82. The highest BCUT2D eigenvalue weighted by Gasteiger charge is 2.43. The minimum absolute atomic E-state index is 0.0148. The van der Waals surface area contributed by atoms with E-state index in [1.54, 1.807) is 0 Å². The summed E-state index contributed by atoms with van der Waals surface area (Å²) in [6.07, 6.45) is -1.74. The molecule has 4 rings (SSSR count). The van der Waals surface area contributed by atoms with Crippen molar-refractivity contribution in [2.45, 2.75) is 56.5 Å². The molecule has 33 heavy (non-hydrogen) atoms. The fraction of sp³-hybridized carbons (Fsp3) is 0.480. The Balaban J connectivity index is 1.55. The number of amides is 1. The van der Waals surface area contributed by atoms with Crippen molar-refractivity contribution in [3.05, 3.63) is 65.2 Å². The molecule has 0 saturated carbocycles. The van der Waals surface area contributed by atoms with Crippen molar-refractivity contribution in [1.29, 1.82) is 0 Å². The lowest BCUT2D eigenvalue weighted by atomic mass is 9.76. The van der Waals surface area contributed by atoms with Crippen molar-refractivity contribution in [3.63, 3.8) is 0 Å². The van der Waals surface area contributed by atoms with E-state index in [4.69, 9.17) is 16.3 Å². The number of carbonyl (C=O) groups excluding carboxylic acids is 1. The zero-order valence-electron chi connectivity index (χ0n) is 18.2. The van der Waals surface area contributed by atoms with Gasteiger partial charge in [-0.15, -0.1) is 11.6 Å². The molecule has 0 spiro atoms. The molecule has 1 saturated heterocycles. The van der Waals surface area contributed by atoms with Crippen LogP contribution in [0.5, 0.6) is 0 Å². The van der Waals surface area contributed by atoms with Crippen LogP contribution >= 0.6 is 11.6 Å². The predicted molar refractivity (Wildman–Crippen MR) is 122 cm³/mol. The van der Waals surface area contributed by atoms with E-state index in [0.717, 1.165) is 37.3 Å². The molecule has 4 atom stereocenters. The Morgan fingerprint density at radius 1 is 1.12 bits per heavy atom. The lowest BCUT2D eigenvalue weighted by molar-refractivity contribution is -0.138. The molecule has 0 aromatic heterocycles. The summed E-state index contributed by atoms with van der Waals surface area (Å²) in [5.74, 6) is 0.454. The highest BCUT2D eigenvalue weighted by atomic mass is 35.5. The quantitative estimate of drug-likeness (QED) is 0.364. The topological polar surface area (TPSA) is 50.4 Å². The van der Waals surface area contributed by atoms with Gasteiger partial charge in [0.1, 0.15) is 0 Å². The van der Waals surface area contributed by atoms with Gasteiger partial charge in [-0.05, 0) is 49.4 Å². The molecule has 2 aromatic rings. The number of carbonyl (C=O) groups is 1. The van der Waals surface area contributed by atoms with E-state index in [0.29, 0.717) is 30.1 Å². The Morgan fingerprint density at radius 3 is 2.64 bits per heavy atom. The van der Waals surface area contributed by atoms with Crippen molar-refractivity contribution < 1.29 is 22.7 Å². The van der Waals surface area contributed by atoms with Gasteiger partial charge in [0.15, 0.2) is 0 Å². The van der Waals surface area contributed by atoms with Gasteiger partial charge < -0.3 is 15.4 Å². The zero-order chi connectivity index (χ0) is 23.4. The molecule has 2 aliphatic heterocycles. The maximum atomic E-state index is 13.4. The van der Waals surface area contributed by atoms with Crippen molar-refractivity contribution in [3.8, 4) is 0 Å². The second kappa shape index (κ2) is 10.3. The molecule has 1 fully saturated rings. The van der Waals surface area contributed by atoms with E-state index in [-0.39, 0.29) is 24.0 Å². The second-order valence-electron chi connectivity index (χ2n) is 8.70. The Bertz CT molecular complexity index is 954. The van der Waals surface area contributed by atoms with Crippen LogP contribution in [0.4, 0.5) is 18.9 Å². The van der Waals surface area contributed by atoms with E-state index in [2.05, 4.69) is 10.6 Å². The summed E-state index contributed by atoms with van der Waals surface area (Å²) in [6, 6.07) is 13.7. The summed E-state index contributed by atoms with van der Waals surface area (Å²) in [6.45, 7) is 0.348. The summed E-state index contributed by atoms with van der Waals surface area (Å²) in [4.78, 5) is 12.1. The molecule has 2 N–H and O–H groups in total. The minimum Gasteiger partial charge on any atom is -0.378 e. The molecule has 8 heteroatoms. The number of unbranched alkanes of at least 4 members (excludes halogenated alkanes) is 1. The number of benzene rings is 2. The van der Waals surface area contributed by atoms with Crippen LogP contribution in [-0.2, 0) is 15.7 Å². The monoisotopic (exact) mass is 480 g/mol. The number of hydrogen-bond acceptors (Lipinski definition) is 3. The first-order chi connectivity index (χ1) is 15.9. The number of rotatable bonds is 7. The Kier molecular flexibility index (Phi) is 7.49. The van der Waals surface area contributed by atoms with Crippen LogP contribution in [0.2, 0.25) is 0 Å². The molecule has 1 amide bonds. The number of ether oxygens (including phenoxy) is 1.